The molecule has 0 unspecified atom stereocenters. The lowest BCUT2D eigenvalue weighted by Crippen LogP contribution is -2.34. The Labute approximate surface area is 102 Å². The normalized spacial score (nSPS) is 23.6. The molecule has 3 rings (SSSR count). The fourth-order valence-corrected chi connectivity index (χ4v) is 2.72. The molecule has 1 aromatic carbocycles. The van der Waals surface area contributed by atoms with Crippen molar-refractivity contribution in [2.45, 2.75) is 25.7 Å². The number of ether oxygens (including phenoxy) is 2. The summed E-state index contributed by atoms with van der Waals surface area (Å²) in [6.07, 6.45) is 0.999. The highest BCUT2D eigenvalue weighted by atomic mass is 16.7. The van der Waals surface area contributed by atoms with Gasteiger partial charge in [0.25, 0.3) is 0 Å². The molecule has 17 heavy (non-hydrogen) atoms. The van der Waals surface area contributed by atoms with Crippen molar-refractivity contribution in [1.29, 1.82) is 0 Å². The average molecular weight is 233 g/mol. The first kappa shape index (κ1) is 11.2. The average Bonchev–Trinajstić information content (AvgIpc) is 2.94. The van der Waals surface area contributed by atoms with Gasteiger partial charge in [0.05, 0.1) is 19.8 Å². The van der Waals surface area contributed by atoms with E-state index in [-0.39, 0.29) is 5.79 Å². The van der Waals surface area contributed by atoms with E-state index in [1.54, 1.807) is 0 Å². The third-order valence-corrected chi connectivity index (χ3v) is 3.74. The van der Waals surface area contributed by atoms with Gasteiger partial charge in [-0.3, -0.25) is 4.90 Å². The second-order valence-electron chi connectivity index (χ2n) is 4.99. The molecule has 0 N–H and O–H groups in total. The summed E-state index contributed by atoms with van der Waals surface area (Å²) in [6.45, 7) is 6.64. The summed E-state index contributed by atoms with van der Waals surface area (Å²) in [4.78, 5) is 2.42. The predicted molar refractivity (Wildman–Crippen MR) is 65.7 cm³/mol. The van der Waals surface area contributed by atoms with Crippen LogP contribution in [0.4, 0.5) is 0 Å². The standard InChI is InChI=1S/C14H19NO2/c1-12-4-2-3-5-13(12)10-15-7-6-14(11-15)16-8-9-17-14/h2-5H,6-11H2,1H3. The van der Waals surface area contributed by atoms with E-state index >= 15 is 0 Å². The van der Waals surface area contributed by atoms with Gasteiger partial charge in [0.2, 0.25) is 0 Å². The summed E-state index contributed by atoms with van der Waals surface area (Å²) in [5.74, 6) is -0.289. The Balaban J connectivity index is 1.66. The van der Waals surface area contributed by atoms with Crippen LogP contribution in [0.15, 0.2) is 24.3 Å². The van der Waals surface area contributed by atoms with Crippen molar-refractivity contribution >= 4 is 0 Å². The number of nitrogens with zero attached hydrogens (tertiary/aromatic N) is 1. The third kappa shape index (κ3) is 2.23. The second kappa shape index (κ2) is 4.41. The molecule has 1 aromatic rings. The van der Waals surface area contributed by atoms with Gasteiger partial charge in [-0.15, -0.1) is 0 Å². The number of rotatable bonds is 2. The lowest BCUT2D eigenvalue weighted by Gasteiger charge is -2.22. The van der Waals surface area contributed by atoms with Crippen LogP contribution in [0.3, 0.4) is 0 Å². The van der Waals surface area contributed by atoms with E-state index in [0.29, 0.717) is 0 Å². The van der Waals surface area contributed by atoms with Crippen molar-refractivity contribution in [2.24, 2.45) is 0 Å². The zero-order valence-electron chi connectivity index (χ0n) is 10.3. The van der Waals surface area contributed by atoms with E-state index in [0.717, 1.165) is 39.3 Å². The molecule has 0 aliphatic carbocycles. The van der Waals surface area contributed by atoms with Crippen LogP contribution in [0.1, 0.15) is 17.5 Å². The van der Waals surface area contributed by atoms with E-state index in [2.05, 4.69) is 36.1 Å². The van der Waals surface area contributed by atoms with Crippen LogP contribution in [0, 0.1) is 6.92 Å². The van der Waals surface area contributed by atoms with Crippen molar-refractivity contribution < 1.29 is 9.47 Å². The van der Waals surface area contributed by atoms with E-state index in [1.165, 1.54) is 11.1 Å². The summed E-state index contributed by atoms with van der Waals surface area (Å²) >= 11 is 0. The summed E-state index contributed by atoms with van der Waals surface area (Å²) < 4.78 is 11.5. The minimum Gasteiger partial charge on any atom is -0.346 e. The Morgan fingerprint density at radius 3 is 2.76 bits per heavy atom. The highest BCUT2D eigenvalue weighted by Crippen LogP contribution is 2.31. The Hall–Kier alpha value is -0.900. The molecular weight excluding hydrogens is 214 g/mol. The van der Waals surface area contributed by atoms with Gasteiger partial charge in [-0.1, -0.05) is 24.3 Å². The molecule has 1 spiro atoms. The highest BCUT2D eigenvalue weighted by Gasteiger charge is 2.43. The third-order valence-electron chi connectivity index (χ3n) is 3.74. The van der Waals surface area contributed by atoms with E-state index in [9.17, 15) is 0 Å². The van der Waals surface area contributed by atoms with Gasteiger partial charge in [0.15, 0.2) is 5.79 Å². The summed E-state index contributed by atoms with van der Waals surface area (Å²) in [6, 6.07) is 8.57. The SMILES string of the molecule is Cc1ccccc1CN1CCC2(C1)OCCO2. The Morgan fingerprint density at radius 1 is 1.24 bits per heavy atom. The maximum Gasteiger partial charge on any atom is 0.182 e. The van der Waals surface area contributed by atoms with E-state index < -0.39 is 0 Å². The fraction of sp³-hybridized carbons (Fsp3) is 0.571. The van der Waals surface area contributed by atoms with Gasteiger partial charge < -0.3 is 9.47 Å². The van der Waals surface area contributed by atoms with Crippen LogP contribution in [-0.4, -0.2) is 37.0 Å². The van der Waals surface area contributed by atoms with Crippen LogP contribution in [0.25, 0.3) is 0 Å². The van der Waals surface area contributed by atoms with Gasteiger partial charge in [0, 0.05) is 19.5 Å². The van der Waals surface area contributed by atoms with Crippen molar-refractivity contribution in [2.75, 3.05) is 26.3 Å². The molecule has 0 amide bonds. The predicted octanol–water partition coefficient (Wildman–Crippen LogP) is 1.94. The van der Waals surface area contributed by atoms with Crippen LogP contribution < -0.4 is 0 Å². The molecular formula is C14H19NO2. The molecule has 0 saturated carbocycles. The summed E-state index contributed by atoms with van der Waals surface area (Å²) in [5.41, 5.74) is 2.77. The first-order valence-electron chi connectivity index (χ1n) is 6.32. The monoisotopic (exact) mass is 233 g/mol. The molecule has 0 radical (unpaired) electrons. The Bertz CT molecular complexity index is 399. The van der Waals surface area contributed by atoms with E-state index in [4.69, 9.17) is 9.47 Å². The maximum atomic E-state index is 5.74. The number of hydrogen-bond donors (Lipinski definition) is 0. The zero-order valence-corrected chi connectivity index (χ0v) is 10.3. The number of benzene rings is 1. The number of likely N-dealkylation sites (tertiary alicyclic amines) is 1. The quantitative estimate of drug-likeness (QED) is 0.779. The number of aryl methyl sites for hydroxylation is 1. The van der Waals surface area contributed by atoms with Crippen LogP contribution in [0.5, 0.6) is 0 Å². The fourth-order valence-electron chi connectivity index (χ4n) is 2.72. The lowest BCUT2D eigenvalue weighted by molar-refractivity contribution is -0.145. The minimum atomic E-state index is -0.289. The molecule has 2 aliphatic heterocycles. The lowest BCUT2D eigenvalue weighted by atomic mass is 10.1. The van der Waals surface area contributed by atoms with Crippen molar-refractivity contribution in [3.8, 4) is 0 Å². The Morgan fingerprint density at radius 2 is 2.00 bits per heavy atom. The van der Waals surface area contributed by atoms with Crippen LogP contribution in [-0.2, 0) is 16.0 Å². The Kier molecular flexibility index (Phi) is 2.90. The highest BCUT2D eigenvalue weighted by molar-refractivity contribution is 5.25. The molecule has 0 aromatic heterocycles. The molecule has 0 atom stereocenters. The summed E-state index contributed by atoms with van der Waals surface area (Å²) in [7, 11) is 0. The molecule has 2 heterocycles. The molecule has 2 aliphatic rings. The summed E-state index contributed by atoms with van der Waals surface area (Å²) in [5, 5.41) is 0. The molecule has 2 fully saturated rings. The molecule has 3 heteroatoms. The second-order valence-corrected chi connectivity index (χ2v) is 4.99. The van der Waals surface area contributed by atoms with Crippen molar-refractivity contribution in [3.63, 3.8) is 0 Å². The van der Waals surface area contributed by atoms with Gasteiger partial charge in [-0.05, 0) is 18.1 Å². The number of hydrogen-bond acceptors (Lipinski definition) is 3. The minimum absolute atomic E-state index is 0.289. The molecule has 3 nitrogen and oxygen atoms in total. The first-order chi connectivity index (χ1) is 8.27. The first-order valence-corrected chi connectivity index (χ1v) is 6.32. The van der Waals surface area contributed by atoms with Crippen molar-refractivity contribution in [1.82, 2.24) is 4.90 Å². The zero-order chi connectivity index (χ0) is 11.7. The smallest absolute Gasteiger partial charge is 0.182 e. The maximum absolute atomic E-state index is 5.74. The van der Waals surface area contributed by atoms with Crippen molar-refractivity contribution in [3.05, 3.63) is 35.4 Å². The molecule has 0 bridgehead atoms. The topological polar surface area (TPSA) is 21.7 Å². The van der Waals surface area contributed by atoms with Gasteiger partial charge in [-0.2, -0.15) is 0 Å². The van der Waals surface area contributed by atoms with Crippen LogP contribution in [0.2, 0.25) is 0 Å². The molecule has 2 saturated heterocycles. The van der Waals surface area contributed by atoms with Crippen LogP contribution >= 0.6 is 0 Å². The van der Waals surface area contributed by atoms with E-state index in [1.807, 2.05) is 0 Å². The van der Waals surface area contributed by atoms with Gasteiger partial charge in [-0.25, -0.2) is 0 Å². The van der Waals surface area contributed by atoms with Gasteiger partial charge >= 0.3 is 0 Å². The molecule has 92 valence electrons. The largest absolute Gasteiger partial charge is 0.346 e. The van der Waals surface area contributed by atoms with Gasteiger partial charge in [0.1, 0.15) is 0 Å².